The molecule has 7 rings (SSSR count). The molecule has 0 spiro atoms. The Morgan fingerprint density at radius 1 is 1.07 bits per heavy atom. The van der Waals surface area contributed by atoms with E-state index in [9.17, 15) is 18.8 Å². The fourth-order valence-electron chi connectivity index (χ4n) is 4.66. The van der Waals surface area contributed by atoms with E-state index in [0.29, 0.717) is 35.3 Å². The number of carbonyl (C=O) groups excluding carboxylic acids is 3. The Balaban J connectivity index is 0.000000265. The van der Waals surface area contributed by atoms with Gasteiger partial charge in [0.25, 0.3) is 0 Å². The highest BCUT2D eigenvalue weighted by Crippen LogP contribution is 2.42. The first-order valence-corrected chi connectivity index (χ1v) is 13.7. The van der Waals surface area contributed by atoms with Crippen molar-refractivity contribution in [3.63, 3.8) is 0 Å². The van der Waals surface area contributed by atoms with Crippen LogP contribution in [0.5, 0.6) is 0 Å². The summed E-state index contributed by atoms with van der Waals surface area (Å²) in [6, 6.07) is 3.46. The molecule has 42 heavy (non-hydrogen) atoms. The minimum Gasteiger partial charge on any atom is -0.362 e. The lowest BCUT2D eigenvalue weighted by molar-refractivity contribution is -0.123. The maximum absolute atomic E-state index is 14.0. The van der Waals surface area contributed by atoms with Crippen molar-refractivity contribution in [1.82, 2.24) is 34.2 Å². The number of nitrogens with one attached hydrogen (secondary N) is 2. The van der Waals surface area contributed by atoms with Crippen LogP contribution in [-0.2, 0) is 16.1 Å². The van der Waals surface area contributed by atoms with Gasteiger partial charge in [-0.25, -0.2) is 29.1 Å². The predicted octanol–water partition coefficient (Wildman–Crippen LogP) is 3.38. The molecule has 2 saturated carbocycles. The minimum absolute atomic E-state index is 0.0309. The summed E-state index contributed by atoms with van der Waals surface area (Å²) in [7, 11) is 1.46. The van der Waals surface area contributed by atoms with E-state index in [1.54, 1.807) is 6.20 Å². The molecule has 0 aromatic carbocycles. The number of nitrogens with zero attached hydrogens (tertiary/aromatic N) is 8. The molecule has 0 bridgehead atoms. The fourth-order valence-corrected chi connectivity index (χ4v) is 4.66. The van der Waals surface area contributed by atoms with Gasteiger partial charge >= 0.3 is 6.03 Å². The van der Waals surface area contributed by atoms with E-state index in [2.05, 4.69) is 35.6 Å². The number of anilines is 3. The second-order valence-electron chi connectivity index (χ2n) is 10.6. The van der Waals surface area contributed by atoms with Gasteiger partial charge in [0, 0.05) is 37.3 Å². The standard InChI is InChI=1S/C20H19FN8O3.C8H10N2/c1-27-16(31)9-29(20(27)32)15-4-12(11-2-3-11)7-28-8-13(25-18(15)28)5-22-17-14(21)6-23-19(26-17)24-10-30;1-6-4-5-9-8(10-6)7-2-3-7/h4,6-8,10-11H,2-3,5,9H2,1H3,(H2,22,23,24,26,30);4-5,7H,2-3H2,1H3. The molecular formula is C28H29FN10O3. The Bertz CT molecular complexity index is 1680. The van der Waals surface area contributed by atoms with Crippen LogP contribution in [0.3, 0.4) is 0 Å². The Labute approximate surface area is 240 Å². The van der Waals surface area contributed by atoms with E-state index < -0.39 is 11.8 Å². The van der Waals surface area contributed by atoms with Crippen LogP contribution >= 0.6 is 0 Å². The fraction of sp³-hybridized carbons (Fsp3) is 0.357. The van der Waals surface area contributed by atoms with Crippen molar-refractivity contribution in [1.29, 1.82) is 0 Å². The number of urea groups is 1. The molecule has 1 saturated heterocycles. The highest BCUT2D eigenvalue weighted by molar-refractivity contribution is 6.13. The van der Waals surface area contributed by atoms with E-state index in [-0.39, 0.29) is 30.8 Å². The Hall–Kier alpha value is -5.01. The number of likely N-dealkylation sites (N-methyl/N-ethyl adjacent to an activating group) is 1. The SMILES string of the molecule is CN1C(=O)CN(c2cc(C3CC3)cn3cc(CNc4nc(NC=O)ncc4F)nc23)C1=O.Cc1ccnc(C2CC2)n1. The molecule has 0 unspecified atom stereocenters. The van der Waals surface area contributed by atoms with Crippen LogP contribution in [0.25, 0.3) is 5.65 Å². The third-order valence-electron chi connectivity index (χ3n) is 7.25. The van der Waals surface area contributed by atoms with Crippen LogP contribution in [0.1, 0.15) is 60.3 Å². The molecule has 3 fully saturated rings. The van der Waals surface area contributed by atoms with Crippen molar-refractivity contribution in [3.8, 4) is 0 Å². The summed E-state index contributed by atoms with van der Waals surface area (Å²) in [6.07, 6.45) is 11.7. The topological polar surface area (TPSA) is 151 Å². The molecule has 2 aliphatic carbocycles. The summed E-state index contributed by atoms with van der Waals surface area (Å²) < 4.78 is 15.9. The van der Waals surface area contributed by atoms with E-state index in [4.69, 9.17) is 0 Å². The second kappa shape index (κ2) is 11.1. The van der Waals surface area contributed by atoms with E-state index in [1.165, 1.54) is 24.8 Å². The number of fused-ring (bicyclic) bond motifs is 1. The maximum Gasteiger partial charge on any atom is 0.331 e. The van der Waals surface area contributed by atoms with Gasteiger partial charge in [0.15, 0.2) is 17.3 Å². The maximum atomic E-state index is 14.0. The molecule has 2 N–H and O–H groups in total. The summed E-state index contributed by atoms with van der Waals surface area (Å²) in [6.45, 7) is 2.10. The van der Waals surface area contributed by atoms with Gasteiger partial charge in [0.05, 0.1) is 24.1 Å². The average Bonchev–Trinajstić information content (AvgIpc) is 3.91. The largest absolute Gasteiger partial charge is 0.362 e. The molecule has 1 aliphatic heterocycles. The molecular weight excluding hydrogens is 543 g/mol. The van der Waals surface area contributed by atoms with Crippen LogP contribution in [0.2, 0.25) is 0 Å². The monoisotopic (exact) mass is 572 g/mol. The van der Waals surface area contributed by atoms with Crippen molar-refractivity contribution in [2.75, 3.05) is 29.1 Å². The third-order valence-corrected chi connectivity index (χ3v) is 7.25. The summed E-state index contributed by atoms with van der Waals surface area (Å²) in [4.78, 5) is 58.4. The lowest BCUT2D eigenvalue weighted by atomic mass is 10.1. The number of halogens is 1. The van der Waals surface area contributed by atoms with E-state index in [0.717, 1.165) is 41.0 Å². The molecule has 4 amide bonds. The summed E-state index contributed by atoms with van der Waals surface area (Å²) in [5, 5.41) is 5.12. The van der Waals surface area contributed by atoms with E-state index in [1.807, 2.05) is 35.9 Å². The molecule has 13 nitrogen and oxygen atoms in total. The van der Waals surface area contributed by atoms with Crippen molar-refractivity contribution < 1.29 is 18.8 Å². The van der Waals surface area contributed by atoms with Crippen molar-refractivity contribution in [3.05, 3.63) is 65.5 Å². The number of rotatable bonds is 8. The second-order valence-corrected chi connectivity index (χ2v) is 10.6. The first-order valence-electron chi connectivity index (χ1n) is 13.7. The molecule has 4 aromatic heterocycles. The normalized spacial score (nSPS) is 16.5. The molecule has 0 atom stereocenters. The van der Waals surface area contributed by atoms with Gasteiger partial charge in [0.2, 0.25) is 18.3 Å². The van der Waals surface area contributed by atoms with Gasteiger partial charge < -0.3 is 9.72 Å². The molecule has 0 radical (unpaired) electrons. The molecule has 3 aliphatic rings. The zero-order valence-electron chi connectivity index (χ0n) is 23.1. The zero-order valence-corrected chi connectivity index (χ0v) is 23.1. The summed E-state index contributed by atoms with van der Waals surface area (Å²) in [5.41, 5.74) is 3.82. The highest BCUT2D eigenvalue weighted by atomic mass is 19.1. The number of hydrogen-bond acceptors (Lipinski definition) is 9. The first kappa shape index (κ1) is 27.2. The van der Waals surface area contributed by atoms with Crippen molar-refractivity contribution in [2.45, 2.75) is 51.0 Å². The summed E-state index contributed by atoms with van der Waals surface area (Å²) >= 11 is 0. The Morgan fingerprint density at radius 3 is 2.52 bits per heavy atom. The van der Waals surface area contributed by atoms with Crippen molar-refractivity contribution in [2.24, 2.45) is 0 Å². The third kappa shape index (κ3) is 5.73. The Morgan fingerprint density at radius 2 is 1.86 bits per heavy atom. The average molecular weight is 573 g/mol. The smallest absolute Gasteiger partial charge is 0.331 e. The number of carbonyl (C=O) groups is 3. The quantitative estimate of drug-likeness (QED) is 0.239. The number of imide groups is 1. The molecule has 14 heteroatoms. The van der Waals surface area contributed by atoms with Crippen LogP contribution < -0.4 is 15.5 Å². The van der Waals surface area contributed by atoms with Crippen LogP contribution in [0, 0.1) is 12.7 Å². The Kier molecular flexibility index (Phi) is 7.19. The number of aromatic nitrogens is 6. The van der Waals surface area contributed by atoms with Gasteiger partial charge in [-0.3, -0.25) is 24.7 Å². The molecule has 4 aromatic rings. The lowest BCUT2D eigenvalue weighted by Gasteiger charge is -2.17. The van der Waals surface area contributed by atoms with Gasteiger partial charge in [-0.1, -0.05) is 0 Å². The minimum atomic E-state index is -0.675. The number of imidazole rings is 1. The van der Waals surface area contributed by atoms with Crippen LogP contribution in [-0.4, -0.2) is 66.2 Å². The highest BCUT2D eigenvalue weighted by Gasteiger charge is 2.36. The predicted molar refractivity (Wildman–Crippen MR) is 150 cm³/mol. The number of amides is 4. The number of pyridine rings is 1. The lowest BCUT2D eigenvalue weighted by Crippen LogP contribution is -2.30. The van der Waals surface area contributed by atoms with Crippen molar-refractivity contribution >= 4 is 41.4 Å². The molecule has 5 heterocycles. The van der Waals surface area contributed by atoms with Gasteiger partial charge in [-0.15, -0.1) is 0 Å². The molecule has 216 valence electrons. The van der Waals surface area contributed by atoms with Crippen LogP contribution in [0.4, 0.5) is 26.6 Å². The summed E-state index contributed by atoms with van der Waals surface area (Å²) in [5.74, 6) is 1.08. The zero-order chi connectivity index (χ0) is 29.4. The first-order chi connectivity index (χ1) is 20.3. The number of aryl methyl sites for hydroxylation is 1. The van der Waals surface area contributed by atoms with Gasteiger partial charge in [0.1, 0.15) is 12.4 Å². The van der Waals surface area contributed by atoms with Gasteiger partial charge in [-0.2, -0.15) is 4.98 Å². The number of hydrogen-bond donors (Lipinski definition) is 2. The van der Waals surface area contributed by atoms with E-state index >= 15 is 0 Å². The van der Waals surface area contributed by atoms with Gasteiger partial charge in [-0.05, 0) is 56.2 Å². The van der Waals surface area contributed by atoms with Crippen LogP contribution in [0.15, 0.2) is 36.9 Å².